The summed E-state index contributed by atoms with van der Waals surface area (Å²) < 4.78 is 25.6. The SMILES string of the molecule is C=C=C=C=C=C=C=CC1(C=C=C=C=C=C=C=C)c2ccccc2-c2ccc(-c3ccc(N(c4ccc(B5OC(C)(C)C(C)(C)O5)cc4)c4ccc(B5OC(C)(C)C(C)(C)O5)cc4)cc3)cc21. The maximum absolute atomic E-state index is 6.40. The number of rotatable bonds is 8. The van der Waals surface area contributed by atoms with E-state index in [0.29, 0.717) is 0 Å². The Bertz CT molecular complexity index is 3050. The van der Waals surface area contributed by atoms with Gasteiger partial charge in [0.05, 0.1) is 27.8 Å². The average molecular weight is 858 g/mol. The molecule has 0 unspecified atom stereocenters. The van der Waals surface area contributed by atoms with Gasteiger partial charge in [-0.15, -0.1) is 0 Å². The summed E-state index contributed by atoms with van der Waals surface area (Å²) >= 11 is 0. The Morgan fingerprint density at radius 1 is 0.439 bits per heavy atom. The fraction of sp³-hybridized carbons (Fsp3) is 0.220. The minimum Gasteiger partial charge on any atom is -0.399 e. The number of anilines is 3. The van der Waals surface area contributed by atoms with E-state index < -0.39 is 42.1 Å². The van der Waals surface area contributed by atoms with Crippen LogP contribution in [0, 0.1) is 0 Å². The molecule has 0 atom stereocenters. The van der Waals surface area contributed by atoms with Crippen molar-refractivity contribution in [2.24, 2.45) is 0 Å². The molecule has 2 saturated heterocycles. The fourth-order valence-electron chi connectivity index (χ4n) is 8.23. The van der Waals surface area contributed by atoms with Crippen LogP contribution in [0.1, 0.15) is 66.5 Å². The van der Waals surface area contributed by atoms with E-state index >= 15 is 0 Å². The van der Waals surface area contributed by atoms with Crippen LogP contribution >= 0.6 is 0 Å². The molecule has 66 heavy (non-hydrogen) atoms. The summed E-state index contributed by atoms with van der Waals surface area (Å²) in [5.74, 6) is 0. The molecule has 0 bridgehead atoms. The summed E-state index contributed by atoms with van der Waals surface area (Å²) in [6.07, 6.45) is 3.92. The molecule has 2 fully saturated rings. The molecule has 8 rings (SSSR count). The summed E-state index contributed by atoms with van der Waals surface area (Å²) in [6.45, 7) is 23.6. The van der Waals surface area contributed by atoms with E-state index in [1.165, 1.54) is 0 Å². The summed E-state index contributed by atoms with van der Waals surface area (Å²) in [7, 11) is -0.938. The molecule has 7 heteroatoms. The number of benzene rings is 5. The number of hydrogen-bond donors (Lipinski definition) is 0. The highest BCUT2D eigenvalue weighted by Gasteiger charge is 2.53. The van der Waals surface area contributed by atoms with Crippen molar-refractivity contribution in [2.75, 3.05) is 4.90 Å². The van der Waals surface area contributed by atoms with Crippen LogP contribution < -0.4 is 15.8 Å². The van der Waals surface area contributed by atoms with E-state index in [0.717, 1.165) is 61.4 Å². The maximum atomic E-state index is 6.40. The zero-order chi connectivity index (χ0) is 46.7. The van der Waals surface area contributed by atoms with Gasteiger partial charge < -0.3 is 23.5 Å². The van der Waals surface area contributed by atoms with Crippen molar-refractivity contribution >= 4 is 42.2 Å². The molecule has 5 nitrogen and oxygen atoms in total. The fourth-order valence-corrected chi connectivity index (χ4v) is 8.23. The lowest BCUT2D eigenvalue weighted by Gasteiger charge is -2.32. The van der Waals surface area contributed by atoms with Gasteiger partial charge in [0.25, 0.3) is 0 Å². The first-order valence-corrected chi connectivity index (χ1v) is 21.9. The van der Waals surface area contributed by atoms with Crippen LogP contribution in [0.5, 0.6) is 0 Å². The molecular formula is C59H49B2NO4. The highest BCUT2D eigenvalue weighted by atomic mass is 16.7. The second-order valence-electron chi connectivity index (χ2n) is 18.3. The van der Waals surface area contributed by atoms with Crippen LogP contribution in [0.3, 0.4) is 0 Å². The molecule has 0 radical (unpaired) electrons. The van der Waals surface area contributed by atoms with Crippen molar-refractivity contribution in [1.29, 1.82) is 0 Å². The lowest BCUT2D eigenvalue weighted by Crippen LogP contribution is -2.41. The van der Waals surface area contributed by atoms with Crippen molar-refractivity contribution < 1.29 is 18.6 Å². The molecule has 2 heterocycles. The minimum atomic E-state index is -0.781. The zero-order valence-corrected chi connectivity index (χ0v) is 38.8. The third kappa shape index (κ3) is 8.64. The number of fused-ring (bicyclic) bond motifs is 3. The predicted molar refractivity (Wildman–Crippen MR) is 267 cm³/mol. The topological polar surface area (TPSA) is 40.2 Å². The molecule has 0 amide bonds. The van der Waals surface area contributed by atoms with Gasteiger partial charge in [-0.05, 0) is 213 Å². The van der Waals surface area contributed by atoms with Crippen molar-refractivity contribution in [3.8, 4) is 22.3 Å². The average Bonchev–Trinajstić information content (AvgIpc) is 3.80. The first-order chi connectivity index (χ1) is 31.6. The van der Waals surface area contributed by atoms with Crippen LogP contribution in [0.2, 0.25) is 0 Å². The summed E-state index contributed by atoms with van der Waals surface area (Å²) in [6, 6.07) is 40.4. The highest BCUT2D eigenvalue weighted by Crippen LogP contribution is 2.52. The van der Waals surface area contributed by atoms with E-state index in [2.05, 4.69) is 251 Å². The molecule has 2 aliphatic heterocycles. The van der Waals surface area contributed by atoms with Gasteiger partial charge in [0.1, 0.15) is 0 Å². The summed E-state index contributed by atoms with van der Waals surface area (Å²) in [5.41, 5.74) is 42.4. The Morgan fingerprint density at radius 2 is 0.833 bits per heavy atom. The van der Waals surface area contributed by atoms with Gasteiger partial charge in [0, 0.05) is 17.1 Å². The second-order valence-corrected chi connectivity index (χ2v) is 18.3. The largest absolute Gasteiger partial charge is 0.494 e. The number of allylic oxidation sites excluding steroid dienone is 2. The third-order valence-electron chi connectivity index (χ3n) is 13.2. The van der Waals surface area contributed by atoms with Gasteiger partial charge in [-0.25, -0.2) is 0 Å². The number of nitrogens with zero attached hydrogens (tertiary/aromatic N) is 1. The molecule has 0 spiro atoms. The zero-order valence-electron chi connectivity index (χ0n) is 38.8. The molecule has 5 aromatic rings. The van der Waals surface area contributed by atoms with Gasteiger partial charge in [0.2, 0.25) is 0 Å². The van der Waals surface area contributed by atoms with Crippen molar-refractivity contribution in [2.45, 2.75) is 83.2 Å². The summed E-state index contributed by atoms with van der Waals surface area (Å²) in [5, 5.41) is 0. The first kappa shape index (κ1) is 45.3. The highest BCUT2D eigenvalue weighted by molar-refractivity contribution is 6.62. The minimum absolute atomic E-state index is 0.444. The monoisotopic (exact) mass is 857 g/mol. The Balaban J connectivity index is 1.20. The van der Waals surface area contributed by atoms with Gasteiger partial charge >= 0.3 is 14.2 Å². The standard InChI is InChI=1S/C59H49B2NO4/c1-11-13-15-17-19-23-41-59(42-24-20-18-16-14-12-2)53-26-22-21-25-51(53)52-40-29-45(43-54(52)59)44-27-34-48(35-28-44)62(49-36-30-46(31-37-49)60-63-55(3,4)56(5,6)64-60)50-38-32-47(33-39-50)61-65-57(7,8)58(9,10)66-61/h21-22,25-43H,1-2H2,3-10H3. The van der Waals surface area contributed by atoms with Gasteiger partial charge in [-0.2, -0.15) is 0 Å². The Kier molecular flexibility index (Phi) is 12.3. The van der Waals surface area contributed by atoms with Gasteiger partial charge in [-0.3, -0.25) is 0 Å². The van der Waals surface area contributed by atoms with Gasteiger partial charge in [-0.1, -0.05) is 95.7 Å². The molecule has 1 aliphatic carbocycles. The van der Waals surface area contributed by atoms with E-state index in [1.54, 1.807) is 0 Å². The molecular weight excluding hydrogens is 808 g/mol. The summed E-state index contributed by atoms with van der Waals surface area (Å²) in [4.78, 5) is 2.24. The smallest absolute Gasteiger partial charge is 0.399 e. The van der Waals surface area contributed by atoms with E-state index in [4.69, 9.17) is 18.6 Å². The van der Waals surface area contributed by atoms with Crippen LogP contribution in [-0.4, -0.2) is 36.6 Å². The van der Waals surface area contributed by atoms with E-state index in [9.17, 15) is 0 Å². The number of hydrogen-bond acceptors (Lipinski definition) is 5. The Morgan fingerprint density at radius 3 is 1.29 bits per heavy atom. The second kappa shape index (κ2) is 17.9. The van der Waals surface area contributed by atoms with Crippen LogP contribution in [0.15, 0.2) is 209 Å². The van der Waals surface area contributed by atoms with E-state index in [1.807, 2.05) is 18.2 Å². The normalized spacial score (nSPS) is 18.2. The lowest BCUT2D eigenvalue weighted by atomic mass is 9.77. The van der Waals surface area contributed by atoms with Crippen LogP contribution in [-0.2, 0) is 24.0 Å². The van der Waals surface area contributed by atoms with Crippen LogP contribution in [0.25, 0.3) is 22.3 Å². The lowest BCUT2D eigenvalue weighted by molar-refractivity contribution is 0.00578. The van der Waals surface area contributed by atoms with Crippen molar-refractivity contribution in [3.05, 3.63) is 220 Å². The third-order valence-corrected chi connectivity index (χ3v) is 13.2. The molecule has 3 aliphatic rings. The predicted octanol–water partition coefficient (Wildman–Crippen LogP) is 11.9. The quantitative estimate of drug-likeness (QED) is 0.115. The van der Waals surface area contributed by atoms with Crippen molar-refractivity contribution in [1.82, 2.24) is 0 Å². The van der Waals surface area contributed by atoms with Crippen LogP contribution in [0.4, 0.5) is 17.1 Å². The molecule has 0 aromatic heterocycles. The van der Waals surface area contributed by atoms with Gasteiger partial charge in [0.15, 0.2) is 0 Å². The molecule has 0 N–H and O–H groups in total. The maximum Gasteiger partial charge on any atom is 0.494 e. The molecule has 320 valence electrons. The molecule has 0 saturated carbocycles. The first-order valence-electron chi connectivity index (χ1n) is 21.9. The Hall–Kier alpha value is -7.29. The molecule has 5 aromatic carbocycles. The Labute approximate surface area is 390 Å². The van der Waals surface area contributed by atoms with E-state index in [-0.39, 0.29) is 0 Å². The van der Waals surface area contributed by atoms with Crippen molar-refractivity contribution in [3.63, 3.8) is 0 Å².